The summed E-state index contributed by atoms with van der Waals surface area (Å²) in [7, 11) is 0. The van der Waals surface area contributed by atoms with E-state index in [1.165, 1.54) is 19.3 Å². The summed E-state index contributed by atoms with van der Waals surface area (Å²) in [6.45, 7) is 3.07. The van der Waals surface area contributed by atoms with Gasteiger partial charge in [-0.15, -0.1) is 0 Å². The first-order chi connectivity index (χ1) is 16.1. The molecular formula is C28H33N3O2. The van der Waals surface area contributed by atoms with Crippen LogP contribution in [0.2, 0.25) is 0 Å². The summed E-state index contributed by atoms with van der Waals surface area (Å²) < 4.78 is 0. The van der Waals surface area contributed by atoms with Crippen LogP contribution in [0.3, 0.4) is 0 Å². The van der Waals surface area contributed by atoms with E-state index < -0.39 is 0 Å². The van der Waals surface area contributed by atoms with Crippen molar-refractivity contribution in [2.45, 2.75) is 38.5 Å². The molecule has 2 amide bonds. The van der Waals surface area contributed by atoms with E-state index in [4.69, 9.17) is 0 Å². The average Bonchev–Trinajstić information content (AvgIpc) is 2.84. The summed E-state index contributed by atoms with van der Waals surface area (Å²) in [6, 6.07) is 17.8. The van der Waals surface area contributed by atoms with Crippen molar-refractivity contribution >= 4 is 23.2 Å². The number of hydrogen-bond donors (Lipinski definition) is 1. The minimum Gasteiger partial charge on any atom is -0.368 e. The molecule has 2 aromatic carbocycles. The first kappa shape index (κ1) is 20.8. The van der Waals surface area contributed by atoms with Crippen molar-refractivity contribution in [2.75, 3.05) is 36.4 Å². The van der Waals surface area contributed by atoms with E-state index in [0.717, 1.165) is 80.1 Å². The first-order valence-electron chi connectivity index (χ1n) is 12.6. The summed E-state index contributed by atoms with van der Waals surface area (Å²) in [5.41, 5.74) is 2.69. The lowest BCUT2D eigenvalue weighted by Gasteiger charge is -2.55. The molecule has 5 nitrogen and oxygen atoms in total. The number of benzene rings is 2. The highest BCUT2D eigenvalue weighted by Gasteiger charge is 2.54. The molecule has 172 valence electrons. The van der Waals surface area contributed by atoms with Gasteiger partial charge in [-0.3, -0.25) is 9.59 Å². The highest BCUT2D eigenvalue weighted by atomic mass is 16.2. The van der Waals surface area contributed by atoms with Gasteiger partial charge in [0.1, 0.15) is 0 Å². The smallest absolute Gasteiger partial charge is 0.253 e. The van der Waals surface area contributed by atoms with Crippen molar-refractivity contribution in [1.82, 2.24) is 4.90 Å². The molecule has 5 heteroatoms. The van der Waals surface area contributed by atoms with Crippen LogP contribution in [0.4, 0.5) is 11.4 Å². The molecule has 33 heavy (non-hydrogen) atoms. The van der Waals surface area contributed by atoms with Crippen LogP contribution >= 0.6 is 0 Å². The normalized spacial score (nSPS) is 30.4. The van der Waals surface area contributed by atoms with Gasteiger partial charge in [0.25, 0.3) is 5.91 Å². The van der Waals surface area contributed by atoms with Crippen LogP contribution < -0.4 is 10.2 Å². The molecule has 7 rings (SSSR count). The van der Waals surface area contributed by atoms with Gasteiger partial charge >= 0.3 is 0 Å². The lowest BCUT2D eigenvalue weighted by molar-refractivity contribution is -0.140. The molecule has 5 fully saturated rings. The fraction of sp³-hybridized carbons (Fsp3) is 0.500. The molecule has 1 aliphatic heterocycles. The van der Waals surface area contributed by atoms with E-state index in [9.17, 15) is 9.59 Å². The zero-order valence-electron chi connectivity index (χ0n) is 19.2. The van der Waals surface area contributed by atoms with Crippen molar-refractivity contribution in [3.63, 3.8) is 0 Å². The Hall–Kier alpha value is -2.82. The highest BCUT2D eigenvalue weighted by Crippen LogP contribution is 2.60. The maximum atomic E-state index is 13.3. The number of nitrogens with one attached hydrogen (secondary N) is 1. The van der Waals surface area contributed by atoms with Gasteiger partial charge in [0.2, 0.25) is 5.91 Å². The van der Waals surface area contributed by atoms with Crippen LogP contribution in [0.5, 0.6) is 0 Å². The molecule has 1 N–H and O–H groups in total. The number of hydrogen-bond acceptors (Lipinski definition) is 3. The molecular weight excluding hydrogens is 410 g/mol. The topological polar surface area (TPSA) is 52.7 Å². The van der Waals surface area contributed by atoms with Crippen molar-refractivity contribution in [1.29, 1.82) is 0 Å². The molecule has 4 bridgehead atoms. The van der Waals surface area contributed by atoms with Crippen LogP contribution in [0, 0.1) is 23.2 Å². The summed E-state index contributed by atoms with van der Waals surface area (Å²) in [5.74, 6) is 2.69. The lowest BCUT2D eigenvalue weighted by atomic mass is 9.49. The summed E-state index contributed by atoms with van der Waals surface area (Å²) in [6.07, 6.45) is 7.33. The molecule has 4 aliphatic carbocycles. The monoisotopic (exact) mass is 443 g/mol. The molecule has 0 aromatic heterocycles. The van der Waals surface area contributed by atoms with Gasteiger partial charge in [0, 0.05) is 43.1 Å². The largest absolute Gasteiger partial charge is 0.368 e. The minimum absolute atomic E-state index is 0.109. The number of amides is 2. The predicted octanol–water partition coefficient (Wildman–Crippen LogP) is 4.80. The Morgan fingerprint density at radius 2 is 1.33 bits per heavy atom. The molecule has 2 aromatic rings. The molecule has 1 saturated heterocycles. The van der Waals surface area contributed by atoms with Crippen molar-refractivity contribution < 1.29 is 9.59 Å². The van der Waals surface area contributed by atoms with Gasteiger partial charge in [0.15, 0.2) is 0 Å². The Morgan fingerprint density at radius 3 is 1.91 bits per heavy atom. The predicted molar refractivity (Wildman–Crippen MR) is 130 cm³/mol. The van der Waals surface area contributed by atoms with Crippen LogP contribution in [-0.2, 0) is 4.79 Å². The minimum atomic E-state index is -0.116. The second kappa shape index (κ2) is 8.19. The van der Waals surface area contributed by atoms with Crippen molar-refractivity contribution in [2.24, 2.45) is 23.2 Å². The molecule has 5 aliphatic rings. The molecule has 0 atom stereocenters. The molecule has 4 saturated carbocycles. The van der Waals surface area contributed by atoms with Crippen molar-refractivity contribution in [3.8, 4) is 0 Å². The van der Waals surface area contributed by atoms with Crippen LogP contribution in [0.15, 0.2) is 54.6 Å². The lowest BCUT2D eigenvalue weighted by Crippen LogP contribution is -2.51. The zero-order chi connectivity index (χ0) is 22.4. The SMILES string of the molecule is O=C(c1ccccc1)N1CCN(c2ccc(NC(=O)C34CC5CC(CC(C5)C3)C4)cc2)CC1. The van der Waals surface area contributed by atoms with E-state index in [1.54, 1.807) is 0 Å². The summed E-state index contributed by atoms with van der Waals surface area (Å²) in [5, 5.41) is 3.26. The van der Waals surface area contributed by atoms with E-state index in [2.05, 4.69) is 22.3 Å². The van der Waals surface area contributed by atoms with Crippen LogP contribution in [0.1, 0.15) is 48.9 Å². The van der Waals surface area contributed by atoms with E-state index in [0.29, 0.717) is 0 Å². The van der Waals surface area contributed by atoms with Crippen molar-refractivity contribution in [3.05, 3.63) is 60.2 Å². The second-order valence-electron chi connectivity index (χ2n) is 10.8. The third kappa shape index (κ3) is 3.92. The standard InChI is InChI=1S/C28H33N3O2/c32-26(23-4-2-1-3-5-23)31-12-10-30(11-13-31)25-8-6-24(7-9-25)29-27(33)28-17-20-14-21(18-28)16-22(15-20)19-28/h1-9,20-22H,10-19H2,(H,29,33). The molecule has 0 spiro atoms. The zero-order valence-corrected chi connectivity index (χ0v) is 19.2. The Balaban J connectivity index is 1.06. The third-order valence-corrected chi connectivity index (χ3v) is 8.60. The van der Waals surface area contributed by atoms with Gasteiger partial charge in [-0.25, -0.2) is 0 Å². The Labute approximate surface area is 196 Å². The molecule has 0 radical (unpaired) electrons. The van der Waals surface area contributed by atoms with Crippen LogP contribution in [0.25, 0.3) is 0 Å². The van der Waals surface area contributed by atoms with Gasteiger partial charge in [-0.2, -0.15) is 0 Å². The van der Waals surface area contributed by atoms with E-state index >= 15 is 0 Å². The van der Waals surface area contributed by atoms with Gasteiger partial charge in [-0.1, -0.05) is 18.2 Å². The van der Waals surface area contributed by atoms with Crippen LogP contribution in [-0.4, -0.2) is 42.9 Å². The number of piperazine rings is 1. The maximum Gasteiger partial charge on any atom is 0.253 e. The van der Waals surface area contributed by atoms with Gasteiger partial charge in [0.05, 0.1) is 5.41 Å². The molecule has 1 heterocycles. The number of anilines is 2. The summed E-state index contributed by atoms with van der Waals surface area (Å²) in [4.78, 5) is 30.3. The van der Waals surface area contributed by atoms with E-state index in [1.807, 2.05) is 47.4 Å². The Bertz CT molecular complexity index is 990. The fourth-order valence-corrected chi connectivity index (χ4v) is 7.34. The number of rotatable bonds is 4. The molecule has 0 unspecified atom stereocenters. The second-order valence-corrected chi connectivity index (χ2v) is 10.8. The highest BCUT2D eigenvalue weighted by molar-refractivity contribution is 5.96. The quantitative estimate of drug-likeness (QED) is 0.738. The van der Waals surface area contributed by atoms with Gasteiger partial charge in [-0.05, 0) is 92.7 Å². The van der Waals surface area contributed by atoms with E-state index in [-0.39, 0.29) is 17.2 Å². The maximum absolute atomic E-state index is 13.3. The Morgan fingerprint density at radius 1 is 0.758 bits per heavy atom. The Kier molecular flexibility index (Phi) is 5.16. The van der Waals surface area contributed by atoms with Gasteiger partial charge < -0.3 is 15.1 Å². The number of nitrogens with zero attached hydrogens (tertiary/aromatic N) is 2. The summed E-state index contributed by atoms with van der Waals surface area (Å²) >= 11 is 0. The number of carbonyl (C=O) groups is 2. The first-order valence-corrected chi connectivity index (χ1v) is 12.6. The average molecular weight is 444 g/mol. The fourth-order valence-electron chi connectivity index (χ4n) is 7.34. The number of carbonyl (C=O) groups excluding carboxylic acids is 2. The third-order valence-electron chi connectivity index (χ3n) is 8.60.